The second-order valence-electron chi connectivity index (χ2n) is 2.76. The van der Waals surface area contributed by atoms with Crippen molar-refractivity contribution >= 4 is 11.9 Å². The summed E-state index contributed by atoms with van der Waals surface area (Å²) in [6, 6.07) is -0.538. The summed E-state index contributed by atoms with van der Waals surface area (Å²) in [5.74, 6) is -1.23. The molecule has 1 fully saturated rings. The van der Waals surface area contributed by atoms with E-state index in [1.165, 1.54) is 6.92 Å². The van der Waals surface area contributed by atoms with Crippen LogP contribution in [-0.2, 0) is 14.3 Å². The van der Waals surface area contributed by atoms with Crippen molar-refractivity contribution in [2.75, 3.05) is 6.54 Å². The average molecular weight is 173 g/mol. The number of hydrogen-bond donors (Lipinski definition) is 2. The Morgan fingerprint density at radius 1 is 1.58 bits per heavy atom. The molecule has 0 radical (unpaired) electrons. The highest BCUT2D eigenvalue weighted by Crippen LogP contribution is 2.07. The van der Waals surface area contributed by atoms with E-state index < -0.39 is 24.1 Å². The second kappa shape index (κ2) is 3.64. The van der Waals surface area contributed by atoms with Gasteiger partial charge in [-0.1, -0.05) is 0 Å². The minimum absolute atomic E-state index is 0.312. The molecule has 1 rings (SSSR count). The Hall–Kier alpha value is -0.940. The van der Waals surface area contributed by atoms with E-state index in [1.807, 2.05) is 0 Å². The van der Waals surface area contributed by atoms with Crippen molar-refractivity contribution in [3.63, 3.8) is 0 Å². The lowest BCUT2D eigenvalue weighted by Crippen LogP contribution is -2.33. The van der Waals surface area contributed by atoms with E-state index in [0.29, 0.717) is 13.0 Å². The molecule has 12 heavy (non-hydrogen) atoms. The van der Waals surface area contributed by atoms with Crippen molar-refractivity contribution < 1.29 is 19.4 Å². The number of β-amino-alcohol motifs (C(OH)–C–C–N with tert-alkyl or cyclic N) is 1. The molecule has 0 aromatic rings. The summed E-state index contributed by atoms with van der Waals surface area (Å²) in [5, 5.41) is 11.8. The van der Waals surface area contributed by atoms with Crippen LogP contribution >= 0.6 is 0 Å². The third kappa shape index (κ3) is 2.28. The summed E-state index contributed by atoms with van der Waals surface area (Å²) in [7, 11) is 0. The van der Waals surface area contributed by atoms with E-state index in [0.717, 1.165) is 0 Å². The molecule has 0 aromatic carbocycles. The SMILES string of the molecule is CC(=O)OC(=O)[C@@H]1C[C@@H](O)CN1. The maximum Gasteiger partial charge on any atom is 0.330 e. The van der Waals surface area contributed by atoms with Gasteiger partial charge in [-0.25, -0.2) is 4.79 Å². The first-order valence-corrected chi connectivity index (χ1v) is 3.73. The van der Waals surface area contributed by atoms with Gasteiger partial charge < -0.3 is 15.2 Å². The minimum atomic E-state index is -0.622. The predicted molar refractivity (Wildman–Crippen MR) is 39.2 cm³/mol. The first kappa shape index (κ1) is 9.15. The minimum Gasteiger partial charge on any atom is -0.392 e. The summed E-state index contributed by atoms with van der Waals surface area (Å²) < 4.78 is 4.33. The number of ether oxygens (including phenoxy) is 1. The van der Waals surface area contributed by atoms with Gasteiger partial charge >= 0.3 is 11.9 Å². The zero-order valence-corrected chi connectivity index (χ0v) is 6.74. The van der Waals surface area contributed by atoms with Gasteiger partial charge in [0, 0.05) is 19.9 Å². The molecule has 0 aromatic heterocycles. The zero-order chi connectivity index (χ0) is 9.14. The van der Waals surface area contributed by atoms with Crippen LogP contribution in [0.2, 0.25) is 0 Å². The Labute approximate surface area is 69.7 Å². The predicted octanol–water partition coefficient (Wildman–Crippen LogP) is -1.20. The number of aliphatic hydroxyl groups excluding tert-OH is 1. The fourth-order valence-electron chi connectivity index (χ4n) is 1.11. The van der Waals surface area contributed by atoms with Gasteiger partial charge in [0.05, 0.1) is 6.10 Å². The lowest BCUT2D eigenvalue weighted by atomic mass is 10.2. The lowest BCUT2D eigenvalue weighted by molar-refractivity contribution is -0.159. The van der Waals surface area contributed by atoms with Crippen LogP contribution in [-0.4, -0.2) is 35.7 Å². The second-order valence-corrected chi connectivity index (χ2v) is 2.76. The highest BCUT2D eigenvalue weighted by molar-refractivity contribution is 5.87. The first-order chi connectivity index (χ1) is 5.59. The van der Waals surface area contributed by atoms with Crippen LogP contribution in [0.4, 0.5) is 0 Å². The molecular formula is C7H11NO4. The summed E-state index contributed by atoms with van der Waals surface area (Å²) in [4.78, 5) is 21.3. The van der Waals surface area contributed by atoms with Gasteiger partial charge in [0.15, 0.2) is 0 Å². The molecule has 0 unspecified atom stereocenters. The first-order valence-electron chi connectivity index (χ1n) is 3.73. The summed E-state index contributed by atoms with van der Waals surface area (Å²) in [6.45, 7) is 1.54. The Balaban J connectivity index is 2.38. The van der Waals surface area contributed by atoms with Gasteiger partial charge in [-0.3, -0.25) is 4.79 Å². The third-order valence-electron chi connectivity index (χ3n) is 1.64. The molecule has 2 atom stereocenters. The van der Waals surface area contributed by atoms with Crippen molar-refractivity contribution in [1.29, 1.82) is 0 Å². The maximum atomic E-state index is 11.0. The van der Waals surface area contributed by atoms with Gasteiger partial charge in [0.2, 0.25) is 0 Å². The van der Waals surface area contributed by atoms with Gasteiger partial charge in [0.1, 0.15) is 6.04 Å². The van der Waals surface area contributed by atoms with E-state index in [1.54, 1.807) is 0 Å². The highest BCUT2D eigenvalue weighted by atomic mass is 16.6. The topological polar surface area (TPSA) is 75.6 Å². The molecule has 0 saturated carbocycles. The number of carbonyl (C=O) groups is 2. The monoisotopic (exact) mass is 173 g/mol. The summed E-state index contributed by atoms with van der Waals surface area (Å²) >= 11 is 0. The number of aliphatic hydroxyl groups is 1. The molecule has 0 spiro atoms. The molecule has 2 N–H and O–H groups in total. The van der Waals surface area contributed by atoms with Crippen LogP contribution in [0.1, 0.15) is 13.3 Å². The van der Waals surface area contributed by atoms with Crippen LogP contribution in [0, 0.1) is 0 Å². The third-order valence-corrected chi connectivity index (χ3v) is 1.64. The van der Waals surface area contributed by atoms with E-state index in [4.69, 9.17) is 5.11 Å². The molecule has 68 valence electrons. The molecular weight excluding hydrogens is 162 g/mol. The molecule has 0 aliphatic carbocycles. The number of nitrogens with one attached hydrogen (secondary N) is 1. The number of hydrogen-bond acceptors (Lipinski definition) is 5. The van der Waals surface area contributed by atoms with Crippen LogP contribution in [0.25, 0.3) is 0 Å². The molecule has 0 bridgehead atoms. The lowest BCUT2D eigenvalue weighted by Gasteiger charge is -2.06. The number of rotatable bonds is 1. The quantitative estimate of drug-likeness (QED) is 0.385. The normalized spacial score (nSPS) is 28.5. The molecule has 5 heteroatoms. The van der Waals surface area contributed by atoms with Crippen LogP contribution < -0.4 is 5.32 Å². The van der Waals surface area contributed by atoms with Gasteiger partial charge in [-0.15, -0.1) is 0 Å². The fraction of sp³-hybridized carbons (Fsp3) is 0.714. The van der Waals surface area contributed by atoms with E-state index in [9.17, 15) is 9.59 Å². The van der Waals surface area contributed by atoms with Crippen LogP contribution in [0.5, 0.6) is 0 Å². The zero-order valence-electron chi connectivity index (χ0n) is 6.74. The van der Waals surface area contributed by atoms with E-state index in [-0.39, 0.29) is 0 Å². The largest absolute Gasteiger partial charge is 0.392 e. The Morgan fingerprint density at radius 3 is 2.67 bits per heavy atom. The summed E-state index contributed by atoms with van der Waals surface area (Å²) in [5.41, 5.74) is 0. The van der Waals surface area contributed by atoms with Gasteiger partial charge in [-0.05, 0) is 0 Å². The number of esters is 2. The smallest absolute Gasteiger partial charge is 0.330 e. The Morgan fingerprint density at radius 2 is 2.25 bits per heavy atom. The standard InChI is InChI=1S/C7H11NO4/c1-4(9)12-7(11)6-2-5(10)3-8-6/h5-6,8,10H,2-3H2,1H3/t5-,6+/m1/s1. The van der Waals surface area contributed by atoms with Crippen molar-refractivity contribution in [1.82, 2.24) is 5.32 Å². The fourth-order valence-corrected chi connectivity index (χ4v) is 1.11. The Bertz CT molecular complexity index is 204. The molecule has 1 aliphatic rings. The molecule has 1 heterocycles. The van der Waals surface area contributed by atoms with E-state index in [2.05, 4.69) is 10.1 Å². The van der Waals surface area contributed by atoms with Gasteiger partial charge in [0.25, 0.3) is 0 Å². The van der Waals surface area contributed by atoms with E-state index >= 15 is 0 Å². The van der Waals surface area contributed by atoms with Crippen LogP contribution in [0.15, 0.2) is 0 Å². The molecule has 5 nitrogen and oxygen atoms in total. The molecule has 1 aliphatic heterocycles. The van der Waals surface area contributed by atoms with Crippen molar-refractivity contribution in [3.8, 4) is 0 Å². The molecule has 0 amide bonds. The van der Waals surface area contributed by atoms with Crippen molar-refractivity contribution in [3.05, 3.63) is 0 Å². The molecule has 1 saturated heterocycles. The van der Waals surface area contributed by atoms with Crippen molar-refractivity contribution in [2.45, 2.75) is 25.5 Å². The average Bonchev–Trinajstić information content (AvgIpc) is 2.34. The summed E-state index contributed by atoms with van der Waals surface area (Å²) in [6.07, 6.45) is -0.207. The van der Waals surface area contributed by atoms with Gasteiger partial charge in [-0.2, -0.15) is 0 Å². The van der Waals surface area contributed by atoms with Crippen LogP contribution in [0.3, 0.4) is 0 Å². The highest BCUT2D eigenvalue weighted by Gasteiger charge is 2.29. The maximum absolute atomic E-state index is 11.0. The Kier molecular flexibility index (Phi) is 2.78. The van der Waals surface area contributed by atoms with Crippen molar-refractivity contribution in [2.24, 2.45) is 0 Å². The number of carbonyl (C=O) groups excluding carboxylic acids is 2.